The number of primary amides is 1. The average Bonchev–Trinajstić information content (AvgIpc) is 3.16. The maximum Gasteiger partial charge on any atom is 0.239 e. The quantitative estimate of drug-likeness (QED) is 0.796. The average molecular weight is 370 g/mol. The maximum absolute atomic E-state index is 12.9. The fourth-order valence-corrected chi connectivity index (χ4v) is 4.22. The van der Waals surface area contributed by atoms with E-state index in [-0.39, 0.29) is 36.1 Å². The van der Waals surface area contributed by atoms with E-state index in [1.165, 1.54) is 0 Å². The van der Waals surface area contributed by atoms with Gasteiger partial charge in [0.15, 0.2) is 5.78 Å². The fraction of sp³-hybridized carbons (Fsp3) is 0.600. The van der Waals surface area contributed by atoms with Crippen LogP contribution in [0.1, 0.15) is 73.7 Å². The molecule has 1 fully saturated rings. The third-order valence-electron chi connectivity index (χ3n) is 5.33. The van der Waals surface area contributed by atoms with Crippen LogP contribution in [0.4, 0.5) is 0 Å². The summed E-state index contributed by atoms with van der Waals surface area (Å²) >= 11 is 0. The van der Waals surface area contributed by atoms with Gasteiger partial charge in [0.1, 0.15) is 6.54 Å². The van der Waals surface area contributed by atoms with Crippen molar-refractivity contribution in [3.63, 3.8) is 0 Å². The van der Waals surface area contributed by atoms with E-state index in [1.807, 2.05) is 13.8 Å². The number of ketones is 1. The van der Waals surface area contributed by atoms with E-state index in [4.69, 9.17) is 12.2 Å². The minimum Gasteiger partial charge on any atom is -0.368 e. The molecule has 0 saturated carbocycles. The molecular weight excluding hydrogens is 344 g/mol. The van der Waals surface area contributed by atoms with Crippen molar-refractivity contribution in [2.45, 2.75) is 65.0 Å². The van der Waals surface area contributed by atoms with Gasteiger partial charge in [-0.3, -0.25) is 19.1 Å². The molecule has 0 bridgehead atoms. The Morgan fingerprint density at radius 1 is 1.37 bits per heavy atom. The van der Waals surface area contributed by atoms with E-state index in [9.17, 15) is 14.4 Å². The zero-order valence-corrected chi connectivity index (χ0v) is 16.0. The van der Waals surface area contributed by atoms with E-state index in [1.54, 1.807) is 9.58 Å². The molecule has 1 saturated heterocycles. The number of fused-ring (bicyclic) bond motifs is 1. The van der Waals surface area contributed by atoms with Crippen LogP contribution in [-0.4, -0.2) is 38.8 Å². The molecule has 0 aromatic carbocycles. The molecule has 0 spiro atoms. The molecule has 1 aliphatic carbocycles. The molecule has 2 N–H and O–H groups in total. The van der Waals surface area contributed by atoms with Gasteiger partial charge < -0.3 is 10.6 Å². The number of amides is 2. The van der Waals surface area contributed by atoms with Gasteiger partial charge in [0.25, 0.3) is 0 Å². The first-order valence-electron chi connectivity index (χ1n) is 9.37. The Morgan fingerprint density at radius 2 is 2.11 bits per heavy atom. The summed E-state index contributed by atoms with van der Waals surface area (Å²) in [5, 5.41) is 4.60. The van der Waals surface area contributed by atoms with Crippen molar-refractivity contribution in [2.75, 3.05) is 6.54 Å². The van der Waals surface area contributed by atoms with Crippen LogP contribution in [0.2, 0.25) is 0 Å². The second kappa shape index (κ2) is 7.18. The van der Waals surface area contributed by atoms with Crippen molar-refractivity contribution < 1.29 is 14.4 Å². The number of nitrogens with zero attached hydrogens (tertiary/aromatic N) is 3. The van der Waals surface area contributed by atoms with Gasteiger partial charge in [-0.05, 0) is 24.7 Å². The lowest BCUT2D eigenvalue weighted by Crippen LogP contribution is -2.32. The lowest BCUT2D eigenvalue weighted by Gasteiger charge is -2.30. The smallest absolute Gasteiger partial charge is 0.239 e. The Kier molecular flexibility index (Phi) is 5.09. The highest BCUT2D eigenvalue weighted by atomic mass is 16.2. The maximum atomic E-state index is 12.9. The van der Waals surface area contributed by atoms with Crippen LogP contribution < -0.4 is 5.73 Å². The predicted octanol–water partition coefficient (Wildman–Crippen LogP) is 1.60. The third-order valence-corrected chi connectivity index (χ3v) is 5.33. The second-order valence-electron chi connectivity index (χ2n) is 8.22. The fourth-order valence-electron chi connectivity index (χ4n) is 4.22. The highest BCUT2D eigenvalue weighted by molar-refractivity contribution is 6.00. The van der Waals surface area contributed by atoms with E-state index >= 15 is 0 Å². The number of hydrogen-bond donors (Lipinski definition) is 1. The zero-order chi connectivity index (χ0) is 19.8. The summed E-state index contributed by atoms with van der Waals surface area (Å²) < 4.78 is 1.56. The van der Waals surface area contributed by atoms with Crippen LogP contribution in [0, 0.1) is 17.8 Å². The van der Waals surface area contributed by atoms with Crippen molar-refractivity contribution in [1.29, 1.82) is 0 Å². The van der Waals surface area contributed by atoms with Crippen LogP contribution in [0.25, 0.3) is 0 Å². The molecule has 2 amide bonds. The number of aromatic nitrogens is 2. The minimum atomic E-state index is -0.504. The molecule has 2 heterocycles. The number of nitrogens with two attached hydrogens (primary N) is 1. The van der Waals surface area contributed by atoms with E-state index < -0.39 is 5.91 Å². The van der Waals surface area contributed by atoms with Crippen LogP contribution in [0.15, 0.2) is 0 Å². The van der Waals surface area contributed by atoms with E-state index in [0.29, 0.717) is 37.1 Å². The van der Waals surface area contributed by atoms with Crippen LogP contribution in [0.5, 0.6) is 0 Å². The Labute approximate surface area is 159 Å². The number of terminal acetylenes is 1. The molecule has 7 heteroatoms. The van der Waals surface area contributed by atoms with Crippen molar-refractivity contribution in [3.8, 4) is 12.3 Å². The van der Waals surface area contributed by atoms with Gasteiger partial charge in [0.05, 0.1) is 23.0 Å². The Hall–Kier alpha value is -2.62. The van der Waals surface area contributed by atoms with Crippen molar-refractivity contribution in [1.82, 2.24) is 14.7 Å². The Balaban J connectivity index is 2.02. The summed E-state index contributed by atoms with van der Waals surface area (Å²) in [6, 6.07) is -0.247. The summed E-state index contributed by atoms with van der Waals surface area (Å²) in [6.07, 6.45) is 8.63. The molecule has 1 atom stereocenters. The van der Waals surface area contributed by atoms with Crippen LogP contribution in [-0.2, 0) is 22.6 Å². The Morgan fingerprint density at radius 3 is 2.78 bits per heavy atom. The van der Waals surface area contributed by atoms with Gasteiger partial charge >= 0.3 is 0 Å². The highest BCUT2D eigenvalue weighted by Crippen LogP contribution is 2.41. The summed E-state index contributed by atoms with van der Waals surface area (Å²) in [5.74, 6) is 2.00. The summed E-state index contributed by atoms with van der Waals surface area (Å²) in [5.41, 5.74) is 7.13. The second-order valence-corrected chi connectivity index (χ2v) is 8.22. The third kappa shape index (κ3) is 3.75. The predicted molar refractivity (Wildman–Crippen MR) is 99.6 cm³/mol. The van der Waals surface area contributed by atoms with E-state index in [2.05, 4.69) is 11.0 Å². The minimum absolute atomic E-state index is 0.0164. The Bertz CT molecular complexity index is 831. The number of rotatable bonds is 5. The molecular formula is C20H26N4O3. The first-order chi connectivity index (χ1) is 12.7. The summed E-state index contributed by atoms with van der Waals surface area (Å²) in [4.78, 5) is 38.8. The molecule has 144 valence electrons. The van der Waals surface area contributed by atoms with Crippen LogP contribution in [0.3, 0.4) is 0 Å². The molecule has 0 radical (unpaired) electrons. The molecule has 1 aromatic rings. The topological polar surface area (TPSA) is 98.3 Å². The molecule has 1 aliphatic heterocycles. The highest BCUT2D eigenvalue weighted by Gasteiger charge is 2.41. The largest absolute Gasteiger partial charge is 0.368 e. The van der Waals surface area contributed by atoms with E-state index in [0.717, 1.165) is 18.5 Å². The zero-order valence-electron chi connectivity index (χ0n) is 16.0. The number of carbonyl (C=O) groups is 3. The molecule has 7 nitrogen and oxygen atoms in total. The van der Waals surface area contributed by atoms with Crippen molar-refractivity contribution in [3.05, 3.63) is 17.0 Å². The summed E-state index contributed by atoms with van der Waals surface area (Å²) in [7, 11) is 0. The van der Waals surface area contributed by atoms with Crippen molar-refractivity contribution in [2.24, 2.45) is 11.1 Å². The number of likely N-dealkylation sites (tertiary alicyclic amines) is 1. The summed E-state index contributed by atoms with van der Waals surface area (Å²) in [6.45, 7) is 4.62. The normalized spacial score (nSPS) is 21.0. The first-order valence-corrected chi connectivity index (χ1v) is 9.37. The number of hydrogen-bond acceptors (Lipinski definition) is 4. The lowest BCUT2D eigenvalue weighted by molar-refractivity contribution is -0.132. The lowest BCUT2D eigenvalue weighted by atomic mass is 9.75. The molecule has 2 aliphatic rings. The molecule has 1 aromatic heterocycles. The SMILES string of the molecule is C#CCCC(=O)N1CCC[C@H]1c1nn(CC(N)=O)c2c1C(=O)CC(C)(C)C2. The molecule has 27 heavy (non-hydrogen) atoms. The molecule has 0 unspecified atom stereocenters. The van der Waals surface area contributed by atoms with Crippen LogP contribution >= 0.6 is 0 Å². The van der Waals surface area contributed by atoms with Gasteiger partial charge in [0.2, 0.25) is 11.8 Å². The van der Waals surface area contributed by atoms with Gasteiger partial charge in [-0.1, -0.05) is 13.8 Å². The van der Waals surface area contributed by atoms with Gasteiger partial charge in [-0.2, -0.15) is 5.10 Å². The van der Waals surface area contributed by atoms with Crippen molar-refractivity contribution >= 4 is 17.6 Å². The number of Topliss-reactive ketones (excluding diaryl/α,β-unsaturated/α-hetero) is 1. The monoisotopic (exact) mass is 370 g/mol. The van der Waals surface area contributed by atoms with Gasteiger partial charge in [-0.15, -0.1) is 12.3 Å². The number of carbonyl (C=O) groups excluding carboxylic acids is 3. The van der Waals surface area contributed by atoms with Gasteiger partial charge in [-0.25, -0.2) is 0 Å². The molecule has 3 rings (SSSR count). The van der Waals surface area contributed by atoms with Gasteiger partial charge in [0, 0.05) is 25.8 Å². The standard InChI is InChI=1S/C20H26N4O3/c1-4-5-8-17(27)23-9-6-7-13(23)19-18-14(24(22-19)12-16(21)26)10-20(2,3)11-15(18)25/h1,13H,5-12H2,2-3H3,(H2,21,26)/t13-/m0/s1. The first kappa shape index (κ1) is 19.2.